The number of nitrogens with zero attached hydrogens (tertiary/aromatic N) is 3. The number of likely N-dealkylation sites (tertiary alicyclic amines) is 1. The fraction of sp³-hybridized carbons (Fsp3) is 0.607. The second-order valence-corrected chi connectivity index (χ2v) is 11.1. The maximum atomic E-state index is 14.1. The van der Waals surface area contributed by atoms with Gasteiger partial charge in [0.25, 0.3) is 5.56 Å². The molecule has 2 bridgehead atoms. The van der Waals surface area contributed by atoms with E-state index in [0.717, 1.165) is 19.3 Å². The van der Waals surface area contributed by atoms with Crippen LogP contribution in [0.25, 0.3) is 11.3 Å². The molecule has 4 atom stereocenters. The second kappa shape index (κ2) is 9.84. The first-order valence-corrected chi connectivity index (χ1v) is 13.2. The minimum Gasteiger partial charge on any atom is -0.387 e. The number of benzene rings is 1. The predicted molar refractivity (Wildman–Crippen MR) is 132 cm³/mol. The summed E-state index contributed by atoms with van der Waals surface area (Å²) in [7, 11) is 0. The highest BCUT2D eigenvalue weighted by atomic mass is 19.1. The zero-order valence-electron chi connectivity index (χ0n) is 20.5. The molecule has 2 unspecified atom stereocenters. The van der Waals surface area contributed by atoms with E-state index in [9.17, 15) is 19.1 Å². The highest BCUT2D eigenvalue weighted by Gasteiger charge is 2.54. The largest absolute Gasteiger partial charge is 0.387 e. The summed E-state index contributed by atoms with van der Waals surface area (Å²) < 4.78 is 15.6. The van der Waals surface area contributed by atoms with Gasteiger partial charge in [-0.25, -0.2) is 9.37 Å². The first-order chi connectivity index (χ1) is 16.8. The summed E-state index contributed by atoms with van der Waals surface area (Å²) in [4.78, 5) is 32.4. The molecule has 5 rings (SSSR count). The molecule has 3 aliphatic rings. The van der Waals surface area contributed by atoms with E-state index in [1.165, 1.54) is 55.1 Å². The summed E-state index contributed by atoms with van der Waals surface area (Å²) in [5.41, 5.74) is -0.795. The van der Waals surface area contributed by atoms with Crippen molar-refractivity contribution in [3.05, 3.63) is 52.8 Å². The van der Waals surface area contributed by atoms with Gasteiger partial charge in [0.05, 0.1) is 24.2 Å². The Morgan fingerprint density at radius 3 is 2.49 bits per heavy atom. The van der Waals surface area contributed by atoms with E-state index in [1.54, 1.807) is 18.2 Å². The van der Waals surface area contributed by atoms with Gasteiger partial charge in [-0.1, -0.05) is 51.2 Å². The normalized spacial score (nSPS) is 27.7. The van der Waals surface area contributed by atoms with Crippen LogP contribution in [-0.2, 0) is 11.3 Å². The number of carbonyl (C=O) groups is 1. The third-order valence-corrected chi connectivity index (χ3v) is 8.76. The van der Waals surface area contributed by atoms with E-state index in [0.29, 0.717) is 19.0 Å². The van der Waals surface area contributed by atoms with Crippen molar-refractivity contribution in [1.29, 1.82) is 0 Å². The number of carbonyl (C=O) groups excluding carboxylic acids is 1. The molecule has 1 aromatic heterocycles. The van der Waals surface area contributed by atoms with Crippen LogP contribution < -0.4 is 5.56 Å². The summed E-state index contributed by atoms with van der Waals surface area (Å²) in [6.45, 7) is 3.28. The summed E-state index contributed by atoms with van der Waals surface area (Å²) in [6.07, 6.45) is 10.4. The lowest BCUT2D eigenvalue weighted by atomic mass is 9.79. The van der Waals surface area contributed by atoms with Gasteiger partial charge in [0.1, 0.15) is 5.82 Å². The van der Waals surface area contributed by atoms with Gasteiger partial charge < -0.3 is 10.0 Å². The summed E-state index contributed by atoms with van der Waals surface area (Å²) in [5, 5.41) is 11.7. The standard InChI is InChI=1S/C28H36FN3O3/c1-19(13-20-7-3-2-4-8-20)27(34)31-15-21-11-12-22(16-31)28(21,35)17-32-18-30-25(14-26(32)33)23-9-5-6-10-24(23)29/h5-6,9-10,14,18-22,35H,2-4,7-8,11-13,15-17H2,1H3/t19?,21-,22+,28?. The zero-order chi connectivity index (χ0) is 24.6. The van der Waals surface area contributed by atoms with Crippen LogP contribution in [0.2, 0.25) is 0 Å². The molecule has 35 heavy (non-hydrogen) atoms. The van der Waals surface area contributed by atoms with Gasteiger partial charge in [0.2, 0.25) is 5.91 Å². The fourth-order valence-electron chi connectivity index (χ4n) is 6.75. The van der Waals surface area contributed by atoms with E-state index >= 15 is 0 Å². The van der Waals surface area contributed by atoms with Crippen LogP contribution in [0.15, 0.2) is 41.5 Å². The van der Waals surface area contributed by atoms with Gasteiger partial charge in [-0.2, -0.15) is 0 Å². The van der Waals surface area contributed by atoms with E-state index < -0.39 is 11.4 Å². The van der Waals surface area contributed by atoms with Crippen LogP contribution in [0, 0.1) is 29.5 Å². The number of piperidine rings is 1. The minimum atomic E-state index is -1.05. The Hall–Kier alpha value is -2.54. The Kier molecular flexibility index (Phi) is 6.80. The first-order valence-electron chi connectivity index (χ1n) is 13.2. The number of fused-ring (bicyclic) bond motifs is 2. The van der Waals surface area contributed by atoms with Crippen molar-refractivity contribution < 1.29 is 14.3 Å². The molecule has 2 aliphatic carbocycles. The number of aromatic nitrogens is 2. The van der Waals surface area contributed by atoms with Gasteiger partial charge in [-0.3, -0.25) is 14.2 Å². The third kappa shape index (κ3) is 4.80. The molecule has 1 amide bonds. The molecule has 2 aromatic rings. The van der Waals surface area contributed by atoms with Crippen molar-refractivity contribution >= 4 is 5.91 Å². The maximum absolute atomic E-state index is 14.1. The smallest absolute Gasteiger partial charge is 0.253 e. The SMILES string of the molecule is CC(CC1CCCCC1)C(=O)N1C[C@H]2CC[C@@H](C1)C2(O)Cn1cnc(-c2ccccc2F)cc1=O. The maximum Gasteiger partial charge on any atom is 0.253 e. The average molecular weight is 482 g/mol. The summed E-state index contributed by atoms with van der Waals surface area (Å²) in [5.74, 6) is 0.330. The molecule has 188 valence electrons. The number of hydrogen-bond acceptors (Lipinski definition) is 4. The molecule has 1 aromatic carbocycles. The number of hydrogen-bond donors (Lipinski definition) is 1. The van der Waals surface area contributed by atoms with Crippen LogP contribution in [-0.4, -0.2) is 44.2 Å². The van der Waals surface area contributed by atoms with Gasteiger partial charge in [-0.15, -0.1) is 0 Å². The molecule has 2 heterocycles. The Bertz CT molecular complexity index is 1110. The lowest BCUT2D eigenvalue weighted by Gasteiger charge is -2.45. The van der Waals surface area contributed by atoms with Gasteiger partial charge in [-0.05, 0) is 37.3 Å². The monoisotopic (exact) mass is 481 g/mol. The van der Waals surface area contributed by atoms with Crippen molar-refractivity contribution in [2.24, 2.45) is 23.7 Å². The Morgan fingerprint density at radius 1 is 1.14 bits per heavy atom. The molecule has 7 heteroatoms. The van der Waals surface area contributed by atoms with Crippen LogP contribution in [0.1, 0.15) is 58.3 Å². The third-order valence-electron chi connectivity index (χ3n) is 8.76. The molecule has 6 nitrogen and oxygen atoms in total. The minimum absolute atomic E-state index is 0.0152. The summed E-state index contributed by atoms with van der Waals surface area (Å²) in [6, 6.07) is 7.57. The predicted octanol–water partition coefficient (Wildman–Crippen LogP) is 4.26. The quantitative estimate of drug-likeness (QED) is 0.669. The summed E-state index contributed by atoms with van der Waals surface area (Å²) >= 11 is 0. The first kappa shape index (κ1) is 24.2. The molecule has 1 aliphatic heterocycles. The zero-order valence-corrected chi connectivity index (χ0v) is 20.5. The van der Waals surface area contributed by atoms with Crippen molar-refractivity contribution in [3.8, 4) is 11.3 Å². The van der Waals surface area contributed by atoms with Crippen LogP contribution >= 0.6 is 0 Å². The Morgan fingerprint density at radius 2 is 1.83 bits per heavy atom. The van der Waals surface area contributed by atoms with Crippen molar-refractivity contribution in [1.82, 2.24) is 14.5 Å². The van der Waals surface area contributed by atoms with Crippen molar-refractivity contribution in [3.63, 3.8) is 0 Å². The van der Waals surface area contributed by atoms with E-state index in [4.69, 9.17) is 0 Å². The second-order valence-electron chi connectivity index (χ2n) is 11.1. The number of aliphatic hydroxyl groups is 1. The Labute approximate surface area is 206 Å². The topological polar surface area (TPSA) is 75.4 Å². The lowest BCUT2D eigenvalue weighted by molar-refractivity contribution is -0.148. The molecule has 3 fully saturated rings. The Balaban J connectivity index is 1.26. The molecule has 0 radical (unpaired) electrons. The van der Waals surface area contributed by atoms with Crippen molar-refractivity contribution in [2.75, 3.05) is 13.1 Å². The number of halogens is 1. The van der Waals surface area contributed by atoms with E-state index in [1.807, 2.05) is 4.90 Å². The van der Waals surface area contributed by atoms with Crippen LogP contribution in [0.4, 0.5) is 4.39 Å². The average Bonchev–Trinajstić information content (AvgIpc) is 3.01. The molecule has 2 saturated carbocycles. The highest BCUT2D eigenvalue weighted by molar-refractivity contribution is 5.78. The van der Waals surface area contributed by atoms with Gasteiger partial charge >= 0.3 is 0 Å². The number of rotatable bonds is 6. The number of amides is 1. The van der Waals surface area contributed by atoms with Crippen LogP contribution in [0.5, 0.6) is 0 Å². The van der Waals surface area contributed by atoms with E-state index in [-0.39, 0.29) is 47.0 Å². The highest BCUT2D eigenvalue weighted by Crippen LogP contribution is 2.46. The molecule has 0 spiro atoms. The van der Waals surface area contributed by atoms with Crippen molar-refractivity contribution in [2.45, 2.75) is 70.4 Å². The fourth-order valence-corrected chi connectivity index (χ4v) is 6.75. The van der Waals surface area contributed by atoms with E-state index in [2.05, 4.69) is 11.9 Å². The molecule has 1 saturated heterocycles. The van der Waals surface area contributed by atoms with Gasteiger partial charge in [0, 0.05) is 42.5 Å². The molecule has 1 N–H and O–H groups in total. The lowest BCUT2D eigenvalue weighted by Crippen LogP contribution is -2.58. The van der Waals surface area contributed by atoms with Crippen LogP contribution in [0.3, 0.4) is 0 Å². The molecular formula is C28H36FN3O3. The van der Waals surface area contributed by atoms with Gasteiger partial charge in [0.15, 0.2) is 0 Å². The molecular weight excluding hydrogens is 445 g/mol.